The molecule has 0 fully saturated rings. The van der Waals surface area contributed by atoms with E-state index in [9.17, 15) is 18.4 Å². The highest BCUT2D eigenvalue weighted by molar-refractivity contribution is 6.03. The molecule has 1 heterocycles. The van der Waals surface area contributed by atoms with Crippen LogP contribution in [0.4, 0.5) is 31.7 Å². The van der Waals surface area contributed by atoms with Crippen LogP contribution in [-0.4, -0.2) is 21.8 Å². The summed E-state index contributed by atoms with van der Waals surface area (Å²) < 4.78 is 27.3. The van der Waals surface area contributed by atoms with Crippen LogP contribution in [0.5, 0.6) is 0 Å². The van der Waals surface area contributed by atoms with Gasteiger partial charge in [0.15, 0.2) is 0 Å². The van der Waals surface area contributed by atoms with E-state index in [0.717, 1.165) is 12.1 Å². The van der Waals surface area contributed by atoms with Crippen LogP contribution in [0.15, 0.2) is 54.9 Å². The molecule has 0 spiro atoms. The Morgan fingerprint density at radius 3 is 2.14 bits per heavy atom. The monoisotopic (exact) mass is 383 g/mol. The van der Waals surface area contributed by atoms with Crippen LogP contribution in [-0.2, 0) is 4.79 Å². The topological polar surface area (TPSA) is 96.0 Å². The van der Waals surface area contributed by atoms with E-state index in [1.54, 1.807) is 24.3 Å². The first-order valence-electron chi connectivity index (χ1n) is 8.14. The zero-order valence-corrected chi connectivity index (χ0v) is 14.7. The molecule has 142 valence electrons. The fourth-order valence-corrected chi connectivity index (χ4v) is 2.33. The van der Waals surface area contributed by atoms with Crippen LogP contribution in [0.25, 0.3) is 0 Å². The van der Waals surface area contributed by atoms with Gasteiger partial charge in [-0.1, -0.05) is 12.1 Å². The van der Waals surface area contributed by atoms with E-state index >= 15 is 0 Å². The Morgan fingerprint density at radius 2 is 1.54 bits per heavy atom. The molecule has 0 saturated carbocycles. The zero-order valence-electron chi connectivity index (χ0n) is 14.7. The lowest BCUT2D eigenvalue weighted by Gasteiger charge is -2.09. The number of amides is 2. The Kier molecular flexibility index (Phi) is 5.54. The molecule has 0 radical (unpaired) electrons. The van der Waals surface area contributed by atoms with Crippen LogP contribution >= 0.6 is 0 Å². The number of para-hydroxylation sites is 1. The molecule has 0 aliphatic carbocycles. The molecule has 0 atom stereocenters. The second kappa shape index (κ2) is 8.21. The molecule has 0 saturated heterocycles. The van der Waals surface area contributed by atoms with Crippen molar-refractivity contribution in [3.8, 4) is 0 Å². The van der Waals surface area contributed by atoms with Gasteiger partial charge in [-0.3, -0.25) is 9.59 Å². The standard InChI is InChI=1S/C19H15F2N5O2/c1-11(27)24-12-4-2-5-13(8-12)25-19(28)16-9-23-17(10-22-16)26-18-14(20)6-3-7-15(18)21/h2-10H,1H3,(H,23,26)(H,24,27)(H,25,28). The lowest BCUT2D eigenvalue weighted by atomic mass is 10.2. The zero-order chi connectivity index (χ0) is 20.1. The minimum absolute atomic E-state index is 0.00415. The largest absolute Gasteiger partial charge is 0.334 e. The summed E-state index contributed by atoms with van der Waals surface area (Å²) in [5.74, 6) is -2.24. The summed E-state index contributed by atoms with van der Waals surface area (Å²) in [6, 6.07) is 10.0. The number of hydrogen-bond donors (Lipinski definition) is 3. The van der Waals surface area contributed by atoms with Crippen molar-refractivity contribution in [3.63, 3.8) is 0 Å². The van der Waals surface area contributed by atoms with E-state index in [2.05, 4.69) is 25.9 Å². The van der Waals surface area contributed by atoms with Gasteiger partial charge >= 0.3 is 0 Å². The fraction of sp³-hybridized carbons (Fsp3) is 0.0526. The smallest absolute Gasteiger partial charge is 0.275 e. The van der Waals surface area contributed by atoms with Gasteiger partial charge in [0.05, 0.1) is 12.4 Å². The van der Waals surface area contributed by atoms with Crippen molar-refractivity contribution in [2.24, 2.45) is 0 Å². The van der Waals surface area contributed by atoms with Gasteiger partial charge in [-0.25, -0.2) is 18.7 Å². The van der Waals surface area contributed by atoms with Gasteiger partial charge in [0.25, 0.3) is 5.91 Å². The maximum absolute atomic E-state index is 13.7. The van der Waals surface area contributed by atoms with Crippen LogP contribution < -0.4 is 16.0 Å². The molecule has 0 aliphatic rings. The van der Waals surface area contributed by atoms with Gasteiger partial charge in [-0.05, 0) is 30.3 Å². The molecule has 3 N–H and O–H groups in total. The van der Waals surface area contributed by atoms with E-state index in [-0.39, 0.29) is 23.1 Å². The Hall–Kier alpha value is -3.88. The number of halogens is 2. The highest BCUT2D eigenvalue weighted by Gasteiger charge is 2.12. The summed E-state index contributed by atoms with van der Waals surface area (Å²) >= 11 is 0. The maximum atomic E-state index is 13.7. The van der Waals surface area contributed by atoms with Crippen molar-refractivity contribution in [2.45, 2.75) is 6.92 Å². The van der Waals surface area contributed by atoms with Gasteiger partial charge in [-0.15, -0.1) is 0 Å². The van der Waals surface area contributed by atoms with Crippen molar-refractivity contribution >= 4 is 34.7 Å². The molecule has 9 heteroatoms. The normalized spacial score (nSPS) is 10.2. The number of hydrogen-bond acceptors (Lipinski definition) is 5. The van der Waals surface area contributed by atoms with Crippen molar-refractivity contribution in [1.82, 2.24) is 9.97 Å². The first-order chi connectivity index (χ1) is 13.4. The number of anilines is 4. The SMILES string of the molecule is CC(=O)Nc1cccc(NC(=O)c2cnc(Nc3c(F)cccc3F)cn2)c1. The molecule has 28 heavy (non-hydrogen) atoms. The Labute approximate surface area is 158 Å². The third-order valence-corrected chi connectivity index (χ3v) is 3.54. The number of nitrogens with zero attached hydrogens (tertiary/aromatic N) is 2. The van der Waals surface area contributed by atoms with Gasteiger partial charge < -0.3 is 16.0 Å². The third-order valence-electron chi connectivity index (χ3n) is 3.54. The van der Waals surface area contributed by atoms with Crippen molar-refractivity contribution in [2.75, 3.05) is 16.0 Å². The molecule has 3 rings (SSSR count). The fourth-order valence-electron chi connectivity index (χ4n) is 2.33. The van der Waals surface area contributed by atoms with Crippen LogP contribution in [0.3, 0.4) is 0 Å². The van der Waals surface area contributed by atoms with Gasteiger partial charge in [0.1, 0.15) is 28.8 Å². The second-order valence-electron chi connectivity index (χ2n) is 5.72. The summed E-state index contributed by atoms with van der Waals surface area (Å²) in [4.78, 5) is 31.3. The van der Waals surface area contributed by atoms with Gasteiger partial charge in [0.2, 0.25) is 5.91 Å². The number of rotatable bonds is 5. The maximum Gasteiger partial charge on any atom is 0.275 e. The summed E-state index contributed by atoms with van der Waals surface area (Å²) in [5, 5.41) is 7.72. The highest BCUT2D eigenvalue weighted by Crippen LogP contribution is 2.21. The number of benzene rings is 2. The summed E-state index contributed by atoms with van der Waals surface area (Å²) in [6.45, 7) is 1.38. The van der Waals surface area contributed by atoms with Crippen molar-refractivity contribution in [3.05, 3.63) is 72.2 Å². The van der Waals surface area contributed by atoms with E-state index in [1.807, 2.05) is 0 Å². The van der Waals surface area contributed by atoms with Crippen LogP contribution in [0, 0.1) is 11.6 Å². The number of carbonyl (C=O) groups excluding carboxylic acids is 2. The van der Waals surface area contributed by atoms with E-state index in [0.29, 0.717) is 11.4 Å². The van der Waals surface area contributed by atoms with E-state index < -0.39 is 17.5 Å². The predicted molar refractivity (Wildman–Crippen MR) is 100 cm³/mol. The molecule has 1 aromatic heterocycles. The molecule has 7 nitrogen and oxygen atoms in total. The molecule has 2 aromatic carbocycles. The minimum Gasteiger partial charge on any atom is -0.334 e. The third kappa shape index (κ3) is 4.64. The average Bonchev–Trinajstić information content (AvgIpc) is 2.65. The number of aromatic nitrogens is 2. The second-order valence-corrected chi connectivity index (χ2v) is 5.72. The van der Waals surface area contributed by atoms with E-state index in [1.165, 1.54) is 25.4 Å². The summed E-state index contributed by atoms with van der Waals surface area (Å²) in [6.07, 6.45) is 2.36. The summed E-state index contributed by atoms with van der Waals surface area (Å²) in [5.41, 5.74) is 0.629. The molecule has 3 aromatic rings. The van der Waals surface area contributed by atoms with Crippen LogP contribution in [0.1, 0.15) is 17.4 Å². The Balaban J connectivity index is 1.69. The van der Waals surface area contributed by atoms with Crippen LogP contribution in [0.2, 0.25) is 0 Å². The molecular weight excluding hydrogens is 368 g/mol. The van der Waals surface area contributed by atoms with Gasteiger partial charge in [-0.2, -0.15) is 0 Å². The van der Waals surface area contributed by atoms with Gasteiger partial charge in [0, 0.05) is 18.3 Å². The molecule has 0 unspecified atom stereocenters. The molecule has 2 amide bonds. The number of nitrogens with one attached hydrogen (secondary N) is 3. The predicted octanol–water partition coefficient (Wildman–Crippen LogP) is 3.71. The first-order valence-corrected chi connectivity index (χ1v) is 8.14. The highest BCUT2D eigenvalue weighted by atomic mass is 19.1. The summed E-state index contributed by atoms with van der Waals surface area (Å²) in [7, 11) is 0. The number of carbonyl (C=O) groups is 2. The quantitative estimate of drug-likeness (QED) is 0.624. The Morgan fingerprint density at radius 1 is 0.893 bits per heavy atom. The van der Waals surface area contributed by atoms with E-state index in [4.69, 9.17) is 0 Å². The lowest BCUT2D eigenvalue weighted by Crippen LogP contribution is -2.15. The Bertz CT molecular complexity index is 1000. The molecule has 0 bridgehead atoms. The van der Waals surface area contributed by atoms with Crippen molar-refractivity contribution in [1.29, 1.82) is 0 Å². The van der Waals surface area contributed by atoms with Crippen molar-refractivity contribution < 1.29 is 18.4 Å². The minimum atomic E-state index is -0.775. The lowest BCUT2D eigenvalue weighted by molar-refractivity contribution is -0.114. The average molecular weight is 383 g/mol. The first kappa shape index (κ1) is 18.9. The molecule has 0 aliphatic heterocycles. The molecular formula is C19H15F2N5O2.